The number of benzene rings is 1. The number of amides is 1. The maximum atomic E-state index is 12.3. The predicted molar refractivity (Wildman–Crippen MR) is 76.5 cm³/mol. The number of hydrogen-bond donors (Lipinski definition) is 2. The van der Waals surface area contributed by atoms with E-state index >= 15 is 0 Å². The van der Waals surface area contributed by atoms with Crippen LogP contribution in [-0.4, -0.2) is 30.1 Å². The molecule has 5 nitrogen and oxygen atoms in total. The molecule has 0 bridgehead atoms. The molecule has 22 heavy (non-hydrogen) atoms. The van der Waals surface area contributed by atoms with Crippen molar-refractivity contribution in [2.24, 2.45) is 0 Å². The molecule has 1 aromatic rings. The molecule has 1 rings (SSSR count). The van der Waals surface area contributed by atoms with Crippen molar-refractivity contribution >= 4 is 23.5 Å². The number of rotatable bonds is 9. The van der Waals surface area contributed by atoms with E-state index in [9.17, 15) is 18.4 Å². The third-order valence-electron chi connectivity index (χ3n) is 2.76. The Morgan fingerprint density at radius 1 is 1.27 bits per heavy atom. The lowest BCUT2D eigenvalue weighted by molar-refractivity contribution is -0.137. The molecule has 0 aromatic heterocycles. The van der Waals surface area contributed by atoms with Crippen molar-refractivity contribution in [3.8, 4) is 5.75 Å². The van der Waals surface area contributed by atoms with Gasteiger partial charge in [-0.25, -0.2) is 0 Å². The molecular weight excluding hydrogens is 320 g/mol. The van der Waals surface area contributed by atoms with Gasteiger partial charge in [0.05, 0.1) is 5.56 Å². The Morgan fingerprint density at radius 3 is 2.64 bits per heavy atom. The SMILES string of the molecule is O=C(O)CCCCCNC(=O)c1cc(Cl)ccc1OC(F)F. The summed E-state index contributed by atoms with van der Waals surface area (Å²) in [5.74, 6) is -1.68. The van der Waals surface area contributed by atoms with Crippen LogP contribution in [0.5, 0.6) is 5.75 Å². The largest absolute Gasteiger partial charge is 0.481 e. The highest BCUT2D eigenvalue weighted by molar-refractivity contribution is 6.31. The smallest absolute Gasteiger partial charge is 0.387 e. The summed E-state index contributed by atoms with van der Waals surface area (Å²) in [4.78, 5) is 22.3. The van der Waals surface area contributed by atoms with Gasteiger partial charge in [-0.1, -0.05) is 18.0 Å². The molecule has 0 atom stereocenters. The maximum Gasteiger partial charge on any atom is 0.387 e. The number of alkyl halides is 2. The molecule has 0 saturated heterocycles. The molecule has 0 heterocycles. The standard InChI is InChI=1S/C14H16ClF2NO4/c15-9-5-6-11(22-14(16)17)10(8-9)13(21)18-7-3-1-2-4-12(19)20/h5-6,8,14H,1-4,7H2,(H,18,21)(H,19,20). The molecule has 0 saturated carbocycles. The van der Waals surface area contributed by atoms with E-state index in [1.807, 2.05) is 0 Å². The molecule has 0 aliphatic rings. The van der Waals surface area contributed by atoms with Crippen LogP contribution in [0.2, 0.25) is 5.02 Å². The van der Waals surface area contributed by atoms with Gasteiger partial charge in [0.1, 0.15) is 5.75 Å². The van der Waals surface area contributed by atoms with Gasteiger partial charge in [0, 0.05) is 18.0 Å². The number of hydrogen-bond acceptors (Lipinski definition) is 3. The van der Waals surface area contributed by atoms with Crippen LogP contribution in [-0.2, 0) is 4.79 Å². The van der Waals surface area contributed by atoms with E-state index in [4.69, 9.17) is 16.7 Å². The first-order valence-electron chi connectivity index (χ1n) is 6.64. The van der Waals surface area contributed by atoms with E-state index in [2.05, 4.69) is 10.1 Å². The zero-order valence-corrected chi connectivity index (χ0v) is 12.4. The summed E-state index contributed by atoms with van der Waals surface area (Å²) >= 11 is 5.75. The molecule has 2 N–H and O–H groups in total. The lowest BCUT2D eigenvalue weighted by Crippen LogP contribution is -2.25. The molecule has 1 amide bonds. The Labute approximate surface area is 131 Å². The molecule has 0 unspecified atom stereocenters. The van der Waals surface area contributed by atoms with Crippen molar-refractivity contribution in [1.82, 2.24) is 5.32 Å². The second-order valence-electron chi connectivity index (χ2n) is 4.48. The first-order valence-corrected chi connectivity index (χ1v) is 7.02. The molecule has 0 radical (unpaired) electrons. The minimum atomic E-state index is -3.04. The fourth-order valence-electron chi connectivity index (χ4n) is 1.75. The molecule has 0 aliphatic carbocycles. The Balaban J connectivity index is 2.50. The number of nitrogens with one attached hydrogen (secondary N) is 1. The fraction of sp³-hybridized carbons (Fsp3) is 0.429. The summed E-state index contributed by atoms with van der Waals surface area (Å²) in [7, 11) is 0. The molecule has 1 aromatic carbocycles. The van der Waals surface area contributed by atoms with Crippen molar-refractivity contribution in [2.75, 3.05) is 6.54 Å². The van der Waals surface area contributed by atoms with Crippen molar-refractivity contribution < 1.29 is 28.2 Å². The maximum absolute atomic E-state index is 12.3. The van der Waals surface area contributed by atoms with Crippen LogP contribution in [0.3, 0.4) is 0 Å². The number of carbonyl (C=O) groups is 2. The highest BCUT2D eigenvalue weighted by Crippen LogP contribution is 2.24. The summed E-state index contributed by atoms with van der Waals surface area (Å²) in [6.07, 6.45) is 1.82. The molecule has 0 spiro atoms. The zero-order chi connectivity index (χ0) is 16.5. The highest BCUT2D eigenvalue weighted by Gasteiger charge is 2.16. The average Bonchev–Trinajstić information content (AvgIpc) is 2.43. The number of unbranched alkanes of at least 4 members (excludes halogenated alkanes) is 2. The van der Waals surface area contributed by atoms with E-state index in [1.165, 1.54) is 18.2 Å². The van der Waals surface area contributed by atoms with Gasteiger partial charge in [0.25, 0.3) is 5.91 Å². The number of halogens is 3. The van der Waals surface area contributed by atoms with Gasteiger partial charge in [-0.05, 0) is 31.0 Å². The lowest BCUT2D eigenvalue weighted by atomic mass is 10.1. The van der Waals surface area contributed by atoms with Crippen LogP contribution in [0, 0.1) is 0 Å². The number of carboxylic acid groups (broad SMARTS) is 1. The fourth-order valence-corrected chi connectivity index (χ4v) is 1.93. The Morgan fingerprint density at radius 2 is 2.00 bits per heavy atom. The van der Waals surface area contributed by atoms with Crippen LogP contribution in [0.4, 0.5) is 8.78 Å². The van der Waals surface area contributed by atoms with Gasteiger partial charge >= 0.3 is 12.6 Å². The van der Waals surface area contributed by atoms with Gasteiger partial charge in [0.15, 0.2) is 0 Å². The monoisotopic (exact) mass is 335 g/mol. The molecular formula is C14H16ClF2NO4. The van der Waals surface area contributed by atoms with Gasteiger partial charge in [-0.15, -0.1) is 0 Å². The molecule has 0 fully saturated rings. The highest BCUT2D eigenvalue weighted by atomic mass is 35.5. The molecule has 122 valence electrons. The summed E-state index contributed by atoms with van der Waals surface area (Å²) in [5.41, 5.74) is -0.0710. The van der Waals surface area contributed by atoms with Crippen LogP contribution in [0.1, 0.15) is 36.0 Å². The van der Waals surface area contributed by atoms with E-state index in [1.54, 1.807) is 0 Å². The minimum Gasteiger partial charge on any atom is -0.481 e. The first-order chi connectivity index (χ1) is 10.4. The average molecular weight is 336 g/mol. The lowest BCUT2D eigenvalue weighted by Gasteiger charge is -2.11. The van der Waals surface area contributed by atoms with Crippen molar-refractivity contribution in [2.45, 2.75) is 32.3 Å². The minimum absolute atomic E-state index is 0.0710. The number of aliphatic carboxylic acids is 1. The summed E-state index contributed by atoms with van der Waals surface area (Å²) in [5, 5.41) is 11.3. The van der Waals surface area contributed by atoms with Gasteiger partial charge in [0.2, 0.25) is 0 Å². The van der Waals surface area contributed by atoms with Crippen molar-refractivity contribution in [1.29, 1.82) is 0 Å². The van der Waals surface area contributed by atoms with Crippen LogP contribution >= 0.6 is 11.6 Å². The Bertz CT molecular complexity index is 526. The van der Waals surface area contributed by atoms with E-state index < -0.39 is 18.5 Å². The summed E-state index contributed by atoms with van der Waals surface area (Å²) in [6, 6.07) is 3.80. The van der Waals surface area contributed by atoms with Crippen LogP contribution in [0.15, 0.2) is 18.2 Å². The normalized spacial score (nSPS) is 10.5. The van der Waals surface area contributed by atoms with E-state index in [-0.39, 0.29) is 22.8 Å². The predicted octanol–water partition coefficient (Wildman–Crippen LogP) is 3.32. The Hall–Kier alpha value is -1.89. The van der Waals surface area contributed by atoms with E-state index in [0.29, 0.717) is 25.8 Å². The molecule has 0 aliphatic heterocycles. The number of carboxylic acids is 1. The van der Waals surface area contributed by atoms with Crippen molar-refractivity contribution in [3.05, 3.63) is 28.8 Å². The van der Waals surface area contributed by atoms with Gasteiger partial charge in [-0.3, -0.25) is 9.59 Å². The third kappa shape index (κ3) is 6.71. The third-order valence-corrected chi connectivity index (χ3v) is 2.99. The second kappa shape index (κ2) is 9.19. The summed E-state index contributed by atoms with van der Waals surface area (Å²) < 4.78 is 28.8. The zero-order valence-electron chi connectivity index (χ0n) is 11.7. The second-order valence-corrected chi connectivity index (χ2v) is 4.92. The molecule has 8 heteroatoms. The van der Waals surface area contributed by atoms with Crippen molar-refractivity contribution in [3.63, 3.8) is 0 Å². The van der Waals surface area contributed by atoms with Gasteiger partial charge < -0.3 is 15.2 Å². The summed E-state index contributed by atoms with van der Waals surface area (Å²) in [6.45, 7) is -2.73. The Kier molecular flexibility index (Phi) is 7.59. The van der Waals surface area contributed by atoms with Crippen LogP contribution in [0.25, 0.3) is 0 Å². The van der Waals surface area contributed by atoms with Crippen LogP contribution < -0.4 is 10.1 Å². The quantitative estimate of drug-likeness (QED) is 0.679. The topological polar surface area (TPSA) is 75.6 Å². The van der Waals surface area contributed by atoms with Gasteiger partial charge in [-0.2, -0.15) is 8.78 Å². The van der Waals surface area contributed by atoms with E-state index in [0.717, 1.165) is 0 Å². The number of carbonyl (C=O) groups excluding carboxylic acids is 1. The first kappa shape index (κ1) is 18.2. The number of ether oxygens (including phenoxy) is 1.